The van der Waals surface area contributed by atoms with E-state index in [1.165, 1.54) is 24.5 Å². The van der Waals surface area contributed by atoms with Crippen molar-refractivity contribution >= 4 is 36.3 Å². The Hall–Kier alpha value is -2.90. The molecule has 1 N–H and O–H groups in total. The Kier molecular flexibility index (Phi) is 5.80. The number of halogens is 4. The molecule has 0 radical (unpaired) electrons. The van der Waals surface area contributed by atoms with Crippen LogP contribution in [0.1, 0.15) is 23.3 Å². The van der Waals surface area contributed by atoms with Crippen molar-refractivity contribution in [3.05, 3.63) is 71.8 Å². The van der Waals surface area contributed by atoms with Crippen LogP contribution in [0.25, 0.3) is 22.2 Å². The second kappa shape index (κ2) is 8.89. The lowest BCUT2D eigenvalue weighted by Crippen LogP contribution is -2.47. The van der Waals surface area contributed by atoms with E-state index in [4.69, 9.17) is 9.47 Å². The molecular weight excluding hydrogens is 588 g/mol. The molecule has 7 nitrogen and oxygen atoms in total. The molecule has 0 unspecified atom stereocenters. The molecule has 2 aromatic carbocycles. The summed E-state index contributed by atoms with van der Waals surface area (Å²) in [5.41, 5.74) is 1.27. The first-order chi connectivity index (χ1) is 17.4. The Bertz CT molecular complexity index is 1470. The highest BCUT2D eigenvalue weighted by Crippen LogP contribution is 2.45. The number of hydrogen-bond acceptors (Lipinski definition) is 6. The van der Waals surface area contributed by atoms with E-state index in [2.05, 4.69) is 19.5 Å². The quantitative estimate of drug-likeness (QED) is 0.259. The van der Waals surface area contributed by atoms with Gasteiger partial charge in [0.15, 0.2) is 11.4 Å². The molecule has 6 rings (SSSR count). The molecule has 2 aliphatic heterocycles. The van der Waals surface area contributed by atoms with E-state index < -0.39 is 38.8 Å². The Morgan fingerprint density at radius 1 is 1.19 bits per heavy atom. The van der Waals surface area contributed by atoms with Gasteiger partial charge in [-0.25, -0.2) is 19.3 Å². The van der Waals surface area contributed by atoms with Gasteiger partial charge in [-0.3, -0.25) is 0 Å². The third kappa shape index (κ3) is 3.80. The maximum atomic E-state index is 15.2. The Morgan fingerprint density at radius 2 is 1.94 bits per heavy atom. The maximum absolute atomic E-state index is 15.2. The van der Waals surface area contributed by atoms with Crippen LogP contribution in [0.5, 0.6) is 5.75 Å². The van der Waals surface area contributed by atoms with Crippen molar-refractivity contribution in [1.29, 1.82) is 0 Å². The number of nitrogens with zero attached hydrogens (tertiary/aromatic N) is 4. The second-order valence-electron chi connectivity index (χ2n) is 8.77. The fourth-order valence-corrected chi connectivity index (χ4v) is 6.72. The van der Waals surface area contributed by atoms with Crippen LogP contribution in [0.4, 0.5) is 13.2 Å². The van der Waals surface area contributed by atoms with Crippen LogP contribution < -0.4 is 4.74 Å². The molecule has 0 amide bonds. The van der Waals surface area contributed by atoms with Crippen LogP contribution in [-0.4, -0.2) is 52.9 Å². The zero-order valence-corrected chi connectivity index (χ0v) is 20.9. The van der Waals surface area contributed by atoms with Crippen molar-refractivity contribution in [2.24, 2.45) is 0 Å². The van der Waals surface area contributed by atoms with Crippen molar-refractivity contribution in [3.63, 3.8) is 0 Å². The van der Waals surface area contributed by atoms with Gasteiger partial charge in [-0.15, -0.1) is 20.7 Å². The lowest BCUT2D eigenvalue weighted by atomic mass is 10.0. The molecule has 0 bridgehead atoms. The van der Waals surface area contributed by atoms with Crippen molar-refractivity contribution < 1.29 is 27.8 Å². The van der Waals surface area contributed by atoms with E-state index in [0.29, 0.717) is 28.6 Å². The third-order valence-corrected chi connectivity index (χ3v) is 8.82. The number of benzene rings is 2. The van der Waals surface area contributed by atoms with Gasteiger partial charge < -0.3 is 19.1 Å². The maximum Gasteiger partial charge on any atom is 0.387 e. The summed E-state index contributed by atoms with van der Waals surface area (Å²) in [4.78, 5) is 13.1. The summed E-state index contributed by atoms with van der Waals surface area (Å²) >= 11 is -0.527. The predicted octanol–water partition coefficient (Wildman–Crippen LogP) is 4.37. The van der Waals surface area contributed by atoms with Gasteiger partial charge in [0.05, 0.1) is 30.3 Å². The monoisotopic (exact) mass is 608 g/mol. The summed E-state index contributed by atoms with van der Waals surface area (Å²) in [6, 6.07) is 9.49. The van der Waals surface area contributed by atoms with Crippen LogP contribution in [0.15, 0.2) is 48.8 Å². The SMILES string of the molecule is C=I[C@H]1Cc2nc3cc(F)c(-c4cnc(C5(O)COC5)nc4)cc3n2[C@H]1c1ccccc1OC(F)F. The van der Waals surface area contributed by atoms with E-state index in [1.807, 2.05) is 4.57 Å². The van der Waals surface area contributed by atoms with Crippen LogP contribution in [0, 0.1) is 5.82 Å². The number of aliphatic hydroxyl groups is 1. The molecule has 4 aromatic rings. The topological polar surface area (TPSA) is 82.3 Å². The van der Waals surface area contributed by atoms with Crippen molar-refractivity contribution in [2.75, 3.05) is 13.2 Å². The minimum absolute atomic E-state index is 0.110. The zero-order chi connectivity index (χ0) is 25.0. The molecule has 186 valence electrons. The summed E-state index contributed by atoms with van der Waals surface area (Å²) in [5, 5.41) is 10.4. The van der Waals surface area contributed by atoms with Gasteiger partial charge in [0.25, 0.3) is 0 Å². The Morgan fingerprint density at radius 3 is 2.61 bits per heavy atom. The average Bonchev–Trinajstić information content (AvgIpc) is 3.37. The molecule has 36 heavy (non-hydrogen) atoms. The number of alkyl halides is 3. The summed E-state index contributed by atoms with van der Waals surface area (Å²) in [7, 11) is 0. The average molecular weight is 608 g/mol. The van der Waals surface area contributed by atoms with E-state index >= 15 is 4.39 Å². The molecule has 1 fully saturated rings. The number of fused-ring (bicyclic) bond motifs is 3. The van der Waals surface area contributed by atoms with E-state index in [-0.39, 0.29) is 40.3 Å². The zero-order valence-electron chi connectivity index (χ0n) is 18.7. The van der Waals surface area contributed by atoms with Crippen LogP contribution in [0.2, 0.25) is 0 Å². The van der Waals surface area contributed by atoms with Crippen LogP contribution in [0.3, 0.4) is 0 Å². The first kappa shape index (κ1) is 23.5. The minimum atomic E-state index is -2.95. The van der Waals surface area contributed by atoms with Gasteiger partial charge in [0, 0.05) is 45.5 Å². The Labute approximate surface area is 213 Å². The second-order valence-corrected chi connectivity index (χ2v) is 11.3. The standard InChI is InChI=1S/C25H20F3IN4O3/c1-29-17-8-21-32-18-7-16(26)15(13-9-30-23(31-10-13)25(34)11-35-12-25)6-19(18)33(21)22(17)14-4-2-3-5-20(14)36-24(27)28/h2-7,9-10,17,22,24,34H,1,8,11-12H2/t17-,22-/m0/s1. The number of aromatic nitrogens is 4. The van der Waals surface area contributed by atoms with Crippen LogP contribution in [-0.2, 0) is 16.8 Å². The molecule has 11 heteroatoms. The molecule has 0 saturated carbocycles. The lowest BCUT2D eigenvalue weighted by Gasteiger charge is -2.34. The van der Waals surface area contributed by atoms with Gasteiger partial charge in [0.2, 0.25) is 0 Å². The van der Waals surface area contributed by atoms with Crippen LogP contribution >= 0.6 is 20.7 Å². The highest BCUT2D eigenvalue weighted by Gasteiger charge is 2.41. The van der Waals surface area contributed by atoms with Gasteiger partial charge in [0.1, 0.15) is 17.4 Å². The highest BCUT2D eigenvalue weighted by atomic mass is 127. The van der Waals surface area contributed by atoms with Crippen molar-refractivity contribution in [3.8, 4) is 16.9 Å². The predicted molar refractivity (Wildman–Crippen MR) is 135 cm³/mol. The van der Waals surface area contributed by atoms with E-state index in [1.54, 1.807) is 24.3 Å². The van der Waals surface area contributed by atoms with Crippen molar-refractivity contribution in [2.45, 2.75) is 28.6 Å². The minimum Gasteiger partial charge on any atom is -0.434 e. The number of rotatable bonds is 6. The molecule has 2 aromatic heterocycles. The summed E-state index contributed by atoms with van der Waals surface area (Å²) < 4.78 is 57.6. The normalized spacial score (nSPS) is 20.5. The number of hydrogen-bond donors (Lipinski definition) is 1. The van der Waals surface area contributed by atoms with E-state index in [9.17, 15) is 13.9 Å². The summed E-state index contributed by atoms with van der Waals surface area (Å²) in [5.74, 6) is 0.604. The third-order valence-electron chi connectivity index (χ3n) is 6.56. The molecule has 0 spiro atoms. The number of ether oxygens (including phenoxy) is 2. The number of para-hydroxylation sites is 1. The van der Waals surface area contributed by atoms with E-state index in [0.717, 1.165) is 5.82 Å². The molecule has 0 aliphatic carbocycles. The number of imidazole rings is 1. The first-order valence-corrected chi connectivity index (χ1v) is 13.9. The largest absolute Gasteiger partial charge is 0.434 e. The fraction of sp³-hybridized carbons (Fsp3) is 0.280. The molecular formula is C25H20F3IN4O3. The Balaban J connectivity index is 1.47. The van der Waals surface area contributed by atoms with Gasteiger partial charge in [-0.05, 0) is 12.1 Å². The van der Waals surface area contributed by atoms with Crippen molar-refractivity contribution in [1.82, 2.24) is 19.5 Å². The molecule has 4 heterocycles. The smallest absolute Gasteiger partial charge is 0.387 e. The van der Waals surface area contributed by atoms with Gasteiger partial charge in [-0.1, -0.05) is 22.7 Å². The van der Waals surface area contributed by atoms with Gasteiger partial charge >= 0.3 is 6.61 Å². The highest BCUT2D eigenvalue weighted by molar-refractivity contribution is 14.2. The lowest BCUT2D eigenvalue weighted by molar-refractivity contribution is -0.189. The molecule has 2 atom stereocenters. The molecule has 1 saturated heterocycles. The van der Waals surface area contributed by atoms with Gasteiger partial charge in [-0.2, -0.15) is 8.78 Å². The first-order valence-electron chi connectivity index (χ1n) is 11.1. The summed E-state index contributed by atoms with van der Waals surface area (Å²) in [6.07, 6.45) is 3.56. The molecule has 2 aliphatic rings. The summed E-state index contributed by atoms with van der Waals surface area (Å²) in [6.45, 7) is -2.72. The fourth-order valence-electron chi connectivity index (χ4n) is 4.82.